The highest BCUT2D eigenvalue weighted by atomic mass is 16.4. The van der Waals surface area contributed by atoms with Gasteiger partial charge in [-0.25, -0.2) is 4.98 Å². The van der Waals surface area contributed by atoms with E-state index >= 15 is 0 Å². The van der Waals surface area contributed by atoms with Crippen LogP contribution in [0, 0.1) is 0 Å². The Hall–Kier alpha value is -1.89. The third-order valence-corrected chi connectivity index (χ3v) is 2.52. The van der Waals surface area contributed by atoms with Gasteiger partial charge in [-0.15, -0.1) is 0 Å². The lowest BCUT2D eigenvalue weighted by molar-refractivity contribution is -0.137. The predicted molar refractivity (Wildman–Crippen MR) is 55.6 cm³/mol. The number of rotatable bonds is 3. The minimum Gasteiger partial charge on any atom is -0.481 e. The molecule has 0 aliphatic carbocycles. The zero-order chi connectivity index (χ0) is 11.7. The average Bonchev–Trinajstić information content (AvgIpc) is 2.57. The number of carboxylic acid groups (broad SMARTS) is 1. The van der Waals surface area contributed by atoms with Crippen LogP contribution in [-0.2, 0) is 17.9 Å². The maximum absolute atomic E-state index is 11.5. The summed E-state index contributed by atoms with van der Waals surface area (Å²) in [6.07, 6.45) is 0.0569. The van der Waals surface area contributed by atoms with Crippen LogP contribution in [-0.4, -0.2) is 32.5 Å². The molecule has 16 heavy (non-hydrogen) atoms. The summed E-state index contributed by atoms with van der Waals surface area (Å²) in [7, 11) is 0. The van der Waals surface area contributed by atoms with Crippen LogP contribution >= 0.6 is 0 Å². The first-order chi connectivity index (χ1) is 7.56. The van der Waals surface area contributed by atoms with Crippen LogP contribution in [0.3, 0.4) is 0 Å². The number of hydrogen-bond donors (Lipinski definition) is 3. The lowest BCUT2D eigenvalue weighted by Crippen LogP contribution is -2.21. The second-order valence-corrected chi connectivity index (χ2v) is 3.73. The molecular weight excluding hydrogens is 212 g/mol. The number of fused-ring (bicyclic) bond motifs is 1. The Kier molecular flexibility index (Phi) is 2.61. The maximum atomic E-state index is 11.5. The zero-order valence-electron chi connectivity index (χ0n) is 8.56. The largest absolute Gasteiger partial charge is 0.481 e. The molecule has 1 aromatic rings. The second kappa shape index (κ2) is 3.93. The van der Waals surface area contributed by atoms with Crippen molar-refractivity contribution in [2.75, 3.05) is 12.3 Å². The van der Waals surface area contributed by atoms with Gasteiger partial charge < -0.3 is 10.8 Å². The highest BCUT2D eigenvalue weighted by molar-refractivity contribution is 5.66. The first kappa shape index (κ1) is 10.6. The lowest BCUT2D eigenvalue weighted by Gasteiger charge is -2.11. The molecule has 0 unspecified atom stereocenters. The number of nitrogens with one attached hydrogen (secondary N) is 1. The molecule has 0 aromatic carbocycles. The Bertz CT molecular complexity index is 482. The topological polar surface area (TPSA) is 112 Å². The van der Waals surface area contributed by atoms with Gasteiger partial charge in [-0.3, -0.25) is 19.5 Å². The smallest absolute Gasteiger partial charge is 0.304 e. The number of H-pyrrole nitrogens is 1. The summed E-state index contributed by atoms with van der Waals surface area (Å²) >= 11 is 0. The van der Waals surface area contributed by atoms with Crippen LogP contribution in [0.2, 0.25) is 0 Å². The molecule has 0 spiro atoms. The molecule has 86 valence electrons. The van der Waals surface area contributed by atoms with E-state index in [1.54, 1.807) is 0 Å². The van der Waals surface area contributed by atoms with Crippen molar-refractivity contribution in [1.29, 1.82) is 0 Å². The zero-order valence-corrected chi connectivity index (χ0v) is 8.56. The third-order valence-electron chi connectivity index (χ3n) is 2.52. The quantitative estimate of drug-likeness (QED) is 0.616. The van der Waals surface area contributed by atoms with E-state index in [-0.39, 0.29) is 17.9 Å². The van der Waals surface area contributed by atoms with Crippen molar-refractivity contribution in [3.8, 4) is 0 Å². The summed E-state index contributed by atoms with van der Waals surface area (Å²) in [5.74, 6) is -0.749. The Balaban J connectivity index is 2.12. The molecule has 0 atom stereocenters. The third kappa shape index (κ3) is 2.03. The van der Waals surface area contributed by atoms with Crippen LogP contribution in [0.1, 0.15) is 17.7 Å². The van der Waals surface area contributed by atoms with E-state index in [1.165, 1.54) is 0 Å². The van der Waals surface area contributed by atoms with E-state index in [0.717, 1.165) is 0 Å². The average molecular weight is 224 g/mol. The van der Waals surface area contributed by atoms with Crippen molar-refractivity contribution in [3.05, 3.63) is 21.6 Å². The normalized spacial score (nSPS) is 15.0. The Morgan fingerprint density at radius 3 is 3.00 bits per heavy atom. The van der Waals surface area contributed by atoms with E-state index in [9.17, 15) is 9.59 Å². The number of anilines is 1. The van der Waals surface area contributed by atoms with Crippen LogP contribution in [0.25, 0.3) is 0 Å². The van der Waals surface area contributed by atoms with Crippen LogP contribution in [0.15, 0.2) is 4.79 Å². The molecule has 0 saturated carbocycles. The highest BCUT2D eigenvalue weighted by Gasteiger charge is 2.23. The van der Waals surface area contributed by atoms with Gasteiger partial charge in [-0.2, -0.15) is 0 Å². The van der Waals surface area contributed by atoms with Crippen molar-refractivity contribution >= 4 is 11.9 Å². The van der Waals surface area contributed by atoms with Gasteiger partial charge >= 0.3 is 5.97 Å². The summed E-state index contributed by atoms with van der Waals surface area (Å²) in [5.41, 5.74) is 6.41. The number of aromatic amines is 1. The Morgan fingerprint density at radius 1 is 1.56 bits per heavy atom. The number of aliphatic carboxylic acids is 1. The number of nitrogens with zero attached hydrogens (tertiary/aromatic N) is 2. The number of carbonyl (C=O) groups is 1. The van der Waals surface area contributed by atoms with E-state index in [1.807, 2.05) is 4.90 Å². The van der Waals surface area contributed by atoms with E-state index in [2.05, 4.69) is 9.97 Å². The molecule has 1 aliphatic heterocycles. The number of carboxylic acids is 1. The lowest BCUT2D eigenvalue weighted by atomic mass is 10.3. The summed E-state index contributed by atoms with van der Waals surface area (Å²) in [4.78, 5) is 30.2. The Labute approximate surface area is 90.9 Å². The molecule has 0 radical (unpaired) electrons. The minimum atomic E-state index is -0.850. The summed E-state index contributed by atoms with van der Waals surface area (Å²) in [6.45, 7) is 1.33. The number of hydrogen-bond acceptors (Lipinski definition) is 5. The van der Waals surface area contributed by atoms with Crippen molar-refractivity contribution in [2.45, 2.75) is 19.5 Å². The van der Waals surface area contributed by atoms with Gasteiger partial charge in [0.15, 0.2) is 0 Å². The maximum Gasteiger partial charge on any atom is 0.304 e. The molecule has 1 aromatic heterocycles. The SMILES string of the molecule is Nc1nc2c(c(=O)[nH]1)CN(CCC(=O)O)C2. The fourth-order valence-corrected chi connectivity index (χ4v) is 1.76. The highest BCUT2D eigenvalue weighted by Crippen LogP contribution is 2.17. The molecule has 0 bridgehead atoms. The standard InChI is InChI=1S/C9H12N4O3/c10-9-11-6-4-13(2-1-7(14)15)3-5(6)8(16)12-9/h1-4H2,(H,14,15)(H3,10,11,12,16). The summed E-state index contributed by atoms with van der Waals surface area (Å²) in [5, 5.41) is 8.56. The molecule has 2 rings (SSSR count). The van der Waals surface area contributed by atoms with Gasteiger partial charge in [-0.1, -0.05) is 0 Å². The fourth-order valence-electron chi connectivity index (χ4n) is 1.76. The van der Waals surface area contributed by atoms with Crippen LogP contribution < -0.4 is 11.3 Å². The number of nitrogens with two attached hydrogens (primary N) is 1. The second-order valence-electron chi connectivity index (χ2n) is 3.73. The number of aromatic nitrogens is 2. The molecule has 2 heterocycles. The molecule has 0 amide bonds. The van der Waals surface area contributed by atoms with Crippen molar-refractivity contribution < 1.29 is 9.90 Å². The first-order valence-electron chi connectivity index (χ1n) is 4.88. The molecule has 1 aliphatic rings. The van der Waals surface area contributed by atoms with Gasteiger partial charge in [-0.05, 0) is 0 Å². The molecule has 0 saturated heterocycles. The van der Waals surface area contributed by atoms with Gasteiger partial charge in [0.25, 0.3) is 5.56 Å². The van der Waals surface area contributed by atoms with Gasteiger partial charge in [0, 0.05) is 19.6 Å². The van der Waals surface area contributed by atoms with E-state index in [4.69, 9.17) is 10.8 Å². The minimum absolute atomic E-state index is 0.0569. The fraction of sp³-hybridized carbons (Fsp3) is 0.444. The van der Waals surface area contributed by atoms with Crippen molar-refractivity contribution in [3.63, 3.8) is 0 Å². The predicted octanol–water partition coefficient (Wildman–Crippen LogP) is -0.858. The number of nitrogen functional groups attached to an aromatic ring is 1. The monoisotopic (exact) mass is 224 g/mol. The Morgan fingerprint density at radius 2 is 2.31 bits per heavy atom. The van der Waals surface area contributed by atoms with Crippen LogP contribution in [0.4, 0.5) is 5.95 Å². The van der Waals surface area contributed by atoms with Gasteiger partial charge in [0.05, 0.1) is 17.7 Å². The van der Waals surface area contributed by atoms with Gasteiger partial charge in [0.1, 0.15) is 0 Å². The van der Waals surface area contributed by atoms with E-state index in [0.29, 0.717) is 30.9 Å². The molecule has 4 N–H and O–H groups in total. The summed E-state index contributed by atoms with van der Waals surface area (Å²) < 4.78 is 0. The van der Waals surface area contributed by atoms with Crippen LogP contribution in [0.5, 0.6) is 0 Å². The van der Waals surface area contributed by atoms with Gasteiger partial charge in [0.2, 0.25) is 5.95 Å². The first-order valence-corrected chi connectivity index (χ1v) is 4.88. The van der Waals surface area contributed by atoms with E-state index < -0.39 is 5.97 Å². The molecular formula is C9H12N4O3. The molecule has 7 nitrogen and oxygen atoms in total. The van der Waals surface area contributed by atoms with Crippen molar-refractivity contribution in [1.82, 2.24) is 14.9 Å². The van der Waals surface area contributed by atoms with Crippen molar-refractivity contribution in [2.24, 2.45) is 0 Å². The summed E-state index contributed by atoms with van der Waals surface area (Å²) in [6, 6.07) is 0. The molecule has 0 fully saturated rings. The molecule has 7 heteroatoms.